The van der Waals surface area contributed by atoms with Gasteiger partial charge >= 0.3 is 0 Å². The fourth-order valence-corrected chi connectivity index (χ4v) is 5.92. The van der Waals surface area contributed by atoms with Crippen LogP contribution in [0.2, 0.25) is 18.1 Å². The predicted octanol–water partition coefficient (Wildman–Crippen LogP) is 3.93. The molecule has 0 spiro atoms. The molecule has 0 saturated carbocycles. The van der Waals surface area contributed by atoms with Crippen LogP contribution in [0.25, 0.3) is 11.0 Å². The first-order chi connectivity index (χ1) is 16.4. The summed E-state index contributed by atoms with van der Waals surface area (Å²) in [5.74, 6) is 0.104. The second-order valence-corrected chi connectivity index (χ2v) is 16.1. The van der Waals surface area contributed by atoms with Gasteiger partial charge < -0.3 is 29.3 Å². The third kappa shape index (κ3) is 5.02. The Balaban J connectivity index is 1.73. The molecule has 188 valence electrons. The molecule has 3 aromatic rings. The number of ether oxygens (including phenoxy) is 1. The lowest BCUT2D eigenvalue weighted by Crippen LogP contribution is -2.48. The molecule has 1 saturated heterocycles. The average Bonchev–Trinajstić information content (AvgIpc) is 3.30. The Hall–Kier alpha value is -1.90. The van der Waals surface area contributed by atoms with Gasteiger partial charge in [0.05, 0.1) is 12.0 Å². The minimum Gasteiger partial charge on any atom is -0.407 e. The van der Waals surface area contributed by atoms with Gasteiger partial charge in [0.1, 0.15) is 36.1 Å². The van der Waals surface area contributed by atoms with E-state index < -0.39 is 32.9 Å². The van der Waals surface area contributed by atoms with Crippen molar-refractivity contribution >= 4 is 53.7 Å². The Morgan fingerprint density at radius 3 is 2.57 bits per heavy atom. The van der Waals surface area contributed by atoms with Gasteiger partial charge in [-0.05, 0) is 52.9 Å². The Morgan fingerprint density at radius 1 is 1.26 bits per heavy atom. The van der Waals surface area contributed by atoms with Gasteiger partial charge in [0.2, 0.25) is 0 Å². The Morgan fingerprint density at radius 2 is 1.94 bits per heavy atom. The zero-order valence-electron chi connectivity index (χ0n) is 20.4. The summed E-state index contributed by atoms with van der Waals surface area (Å²) in [6.07, 6.45) is 0.0228. The van der Waals surface area contributed by atoms with Crippen LogP contribution >= 0.6 is 22.6 Å². The highest BCUT2D eigenvalue weighted by molar-refractivity contribution is 14.1. The fourth-order valence-electron chi connectivity index (χ4n) is 3.83. The molecule has 1 amide bonds. The van der Waals surface area contributed by atoms with Crippen LogP contribution in [-0.4, -0.2) is 63.9 Å². The molecule has 0 unspecified atom stereocenters. The first kappa shape index (κ1) is 26.2. The van der Waals surface area contributed by atoms with E-state index in [2.05, 4.69) is 71.7 Å². The fraction of sp³-hybridized carbons (Fsp3) is 0.458. The van der Waals surface area contributed by atoms with Gasteiger partial charge in [-0.25, -0.2) is 9.97 Å². The molecule has 0 bridgehead atoms. The van der Waals surface area contributed by atoms with E-state index in [9.17, 15) is 15.0 Å². The number of aromatic nitrogens is 3. The number of aliphatic hydroxyl groups is 2. The number of anilines is 1. The number of carbonyl (C=O) groups is 1. The monoisotopic (exact) mass is 610 g/mol. The molecule has 4 atom stereocenters. The number of fused-ring (bicyclic) bond motifs is 1. The van der Waals surface area contributed by atoms with Crippen molar-refractivity contribution in [2.24, 2.45) is 0 Å². The SMILES string of the molecule is CC(C)(C)[Si](C)(C)O[C@@H]1[C@H](O)[C@@H](CO)O[C@H]1n1cc(I)c2c(NC(=O)c3ccccc3)ncnc21. The summed E-state index contributed by atoms with van der Waals surface area (Å²) in [6, 6.07) is 8.91. The van der Waals surface area contributed by atoms with Crippen LogP contribution < -0.4 is 5.32 Å². The average molecular weight is 611 g/mol. The standard InChI is InChI=1S/C24H31IN4O5Si/c1-24(2,3)35(4,5)34-19-18(31)16(12-30)33-23(19)29-11-15(25)17-20(26-13-27-21(17)29)28-22(32)14-9-7-6-8-10-14/h6-11,13,16,18-19,23,30-31H,12H2,1-5H3,(H,26,27,28,32)/t16-,18-,19-,23-/m1/s1. The Labute approximate surface area is 219 Å². The number of rotatable bonds is 6. The molecule has 1 fully saturated rings. The molecule has 2 aromatic heterocycles. The maximum atomic E-state index is 12.8. The molecule has 0 radical (unpaired) electrons. The topological polar surface area (TPSA) is 119 Å². The summed E-state index contributed by atoms with van der Waals surface area (Å²) in [7, 11) is -2.29. The quantitative estimate of drug-likeness (QED) is 0.286. The van der Waals surface area contributed by atoms with E-state index >= 15 is 0 Å². The van der Waals surface area contributed by atoms with Gasteiger partial charge in [0, 0.05) is 15.3 Å². The minimum absolute atomic E-state index is 0.0845. The number of hydrogen-bond donors (Lipinski definition) is 3. The predicted molar refractivity (Wildman–Crippen MR) is 144 cm³/mol. The van der Waals surface area contributed by atoms with Crippen molar-refractivity contribution < 1.29 is 24.2 Å². The van der Waals surface area contributed by atoms with E-state index in [1.165, 1.54) is 6.33 Å². The van der Waals surface area contributed by atoms with Crippen LogP contribution in [0.5, 0.6) is 0 Å². The van der Waals surface area contributed by atoms with Crippen molar-refractivity contribution in [3.63, 3.8) is 0 Å². The lowest BCUT2D eigenvalue weighted by atomic mass is 10.1. The second-order valence-electron chi connectivity index (χ2n) is 10.2. The van der Waals surface area contributed by atoms with Crippen molar-refractivity contribution in [2.45, 2.75) is 63.4 Å². The summed E-state index contributed by atoms with van der Waals surface area (Å²) in [4.78, 5) is 21.6. The van der Waals surface area contributed by atoms with E-state index in [1.807, 2.05) is 12.3 Å². The number of nitrogens with zero attached hydrogens (tertiary/aromatic N) is 3. The van der Waals surface area contributed by atoms with E-state index in [-0.39, 0.29) is 17.6 Å². The van der Waals surface area contributed by atoms with Crippen molar-refractivity contribution in [3.05, 3.63) is 52.0 Å². The number of carbonyl (C=O) groups excluding carboxylic acids is 1. The van der Waals surface area contributed by atoms with Gasteiger partial charge in [-0.15, -0.1) is 0 Å². The largest absolute Gasteiger partial charge is 0.407 e. The number of halogens is 1. The Kier molecular flexibility index (Phi) is 7.37. The van der Waals surface area contributed by atoms with Crippen molar-refractivity contribution in [3.8, 4) is 0 Å². The van der Waals surface area contributed by atoms with Gasteiger partial charge in [-0.2, -0.15) is 0 Å². The van der Waals surface area contributed by atoms with E-state index in [4.69, 9.17) is 9.16 Å². The summed E-state index contributed by atoms with van der Waals surface area (Å²) >= 11 is 2.17. The summed E-state index contributed by atoms with van der Waals surface area (Å²) in [5, 5.41) is 24.3. The van der Waals surface area contributed by atoms with Crippen molar-refractivity contribution in [1.82, 2.24) is 14.5 Å². The van der Waals surface area contributed by atoms with Crippen LogP contribution in [0, 0.1) is 3.57 Å². The maximum Gasteiger partial charge on any atom is 0.256 e. The van der Waals surface area contributed by atoms with Crippen LogP contribution in [0.15, 0.2) is 42.9 Å². The van der Waals surface area contributed by atoms with Gasteiger partial charge in [-0.1, -0.05) is 39.0 Å². The number of amides is 1. The zero-order chi connectivity index (χ0) is 25.5. The van der Waals surface area contributed by atoms with Crippen LogP contribution in [0.3, 0.4) is 0 Å². The molecule has 35 heavy (non-hydrogen) atoms. The summed E-state index contributed by atoms with van der Waals surface area (Å²) in [5.41, 5.74) is 1.05. The molecular formula is C24H31IN4O5Si. The molecule has 0 aliphatic carbocycles. The lowest BCUT2D eigenvalue weighted by Gasteiger charge is -2.40. The van der Waals surface area contributed by atoms with Crippen molar-refractivity contribution in [1.29, 1.82) is 0 Å². The third-order valence-corrected chi connectivity index (χ3v) is 12.1. The first-order valence-electron chi connectivity index (χ1n) is 11.4. The smallest absolute Gasteiger partial charge is 0.256 e. The maximum absolute atomic E-state index is 12.8. The number of nitrogens with one attached hydrogen (secondary N) is 1. The van der Waals surface area contributed by atoms with Crippen LogP contribution in [0.1, 0.15) is 37.4 Å². The zero-order valence-corrected chi connectivity index (χ0v) is 23.6. The molecule has 11 heteroatoms. The van der Waals surface area contributed by atoms with E-state index in [0.29, 0.717) is 22.4 Å². The molecule has 1 aliphatic rings. The second kappa shape index (κ2) is 9.86. The van der Waals surface area contributed by atoms with E-state index in [1.54, 1.807) is 28.8 Å². The van der Waals surface area contributed by atoms with E-state index in [0.717, 1.165) is 3.57 Å². The summed E-state index contributed by atoms with van der Waals surface area (Å²) < 4.78 is 15.3. The minimum atomic E-state index is -2.29. The number of aliphatic hydroxyl groups excluding tert-OH is 2. The Bertz CT molecular complexity index is 1210. The molecule has 3 N–H and O–H groups in total. The van der Waals surface area contributed by atoms with Crippen molar-refractivity contribution in [2.75, 3.05) is 11.9 Å². The van der Waals surface area contributed by atoms with Crippen LogP contribution in [-0.2, 0) is 9.16 Å². The molecule has 3 heterocycles. The highest BCUT2D eigenvalue weighted by Gasteiger charge is 2.50. The molecule has 4 rings (SSSR count). The molecule has 1 aliphatic heterocycles. The number of benzene rings is 1. The molecular weight excluding hydrogens is 579 g/mol. The first-order valence-corrected chi connectivity index (χ1v) is 15.4. The normalized spacial score (nSPS) is 23.1. The highest BCUT2D eigenvalue weighted by atomic mass is 127. The van der Waals surface area contributed by atoms with Gasteiger partial charge in [-0.3, -0.25) is 4.79 Å². The number of hydrogen-bond acceptors (Lipinski definition) is 7. The van der Waals surface area contributed by atoms with Gasteiger partial charge in [0.25, 0.3) is 5.91 Å². The third-order valence-electron chi connectivity index (χ3n) is 6.83. The summed E-state index contributed by atoms with van der Waals surface area (Å²) in [6.45, 7) is 10.3. The highest BCUT2D eigenvalue weighted by Crippen LogP contribution is 2.43. The molecule has 1 aromatic carbocycles. The molecule has 9 nitrogen and oxygen atoms in total. The lowest BCUT2D eigenvalue weighted by molar-refractivity contribution is -0.0495. The van der Waals surface area contributed by atoms with Crippen LogP contribution in [0.4, 0.5) is 5.82 Å². The van der Waals surface area contributed by atoms with Gasteiger partial charge in [0.15, 0.2) is 14.5 Å².